The van der Waals surface area contributed by atoms with Crippen LogP contribution in [0.3, 0.4) is 0 Å². The van der Waals surface area contributed by atoms with Crippen molar-refractivity contribution in [2.75, 3.05) is 31.1 Å². The standard InChI is InChI=1S/C10H16N2O2S2/c1-4-12-10(9(2)7-11)15-8-16(13)6-5-14-3/h2,4-6,8H2,1,3H3/b12-10+. The highest BCUT2D eigenvalue weighted by Gasteiger charge is 2.11. The monoisotopic (exact) mass is 260 g/mol. The molecule has 0 aliphatic carbocycles. The number of ether oxygens (including phenoxy) is 1. The average molecular weight is 260 g/mol. The number of aliphatic imine (C=N–C) groups is 1. The smallest absolute Gasteiger partial charge is 0.156 e. The summed E-state index contributed by atoms with van der Waals surface area (Å²) in [5, 5.41) is 9.70. The van der Waals surface area contributed by atoms with E-state index in [1.807, 2.05) is 13.0 Å². The third-order valence-electron chi connectivity index (χ3n) is 1.54. The highest BCUT2D eigenvalue weighted by molar-refractivity contribution is 8.22. The molecular formula is C10H16N2O2S2. The highest BCUT2D eigenvalue weighted by atomic mass is 32.3. The van der Waals surface area contributed by atoms with Crippen LogP contribution in [0, 0.1) is 11.3 Å². The molecule has 0 radical (unpaired) electrons. The lowest BCUT2D eigenvalue weighted by Gasteiger charge is -2.10. The number of rotatable bonds is 7. The summed E-state index contributed by atoms with van der Waals surface area (Å²) >= 11 is 0.354. The van der Waals surface area contributed by atoms with Gasteiger partial charge in [0, 0.05) is 13.7 Å². The van der Waals surface area contributed by atoms with Crippen molar-refractivity contribution in [2.24, 2.45) is 4.99 Å². The second-order valence-corrected chi connectivity index (χ2v) is 5.67. The quantitative estimate of drug-likeness (QED) is 0.301. The van der Waals surface area contributed by atoms with Gasteiger partial charge >= 0.3 is 0 Å². The van der Waals surface area contributed by atoms with Crippen molar-refractivity contribution < 1.29 is 9.29 Å². The summed E-state index contributed by atoms with van der Waals surface area (Å²) < 4.78 is 16.3. The van der Waals surface area contributed by atoms with Crippen LogP contribution in [0.15, 0.2) is 17.1 Å². The van der Waals surface area contributed by atoms with E-state index in [1.54, 1.807) is 7.11 Å². The van der Waals surface area contributed by atoms with E-state index in [0.29, 0.717) is 34.6 Å². The summed E-state index contributed by atoms with van der Waals surface area (Å²) in [6.07, 6.45) is 0. The van der Waals surface area contributed by atoms with Gasteiger partial charge in [-0.2, -0.15) is 5.26 Å². The predicted octanol–water partition coefficient (Wildman–Crippen LogP) is 1.57. The largest absolute Gasteiger partial charge is 0.616 e. The molecule has 0 aliphatic heterocycles. The summed E-state index contributed by atoms with van der Waals surface area (Å²) in [5.41, 5.74) is 0.329. The maximum atomic E-state index is 11.5. The van der Waals surface area contributed by atoms with Gasteiger partial charge in [0.1, 0.15) is 16.9 Å². The van der Waals surface area contributed by atoms with Crippen molar-refractivity contribution in [1.29, 1.82) is 5.26 Å². The van der Waals surface area contributed by atoms with Crippen molar-refractivity contribution in [3.8, 4) is 6.07 Å². The Kier molecular flexibility index (Phi) is 9.43. The molecule has 0 amide bonds. The number of hydrogen-bond donors (Lipinski definition) is 0. The van der Waals surface area contributed by atoms with E-state index in [-0.39, 0.29) is 0 Å². The second kappa shape index (κ2) is 9.73. The Morgan fingerprint density at radius 3 is 2.88 bits per heavy atom. The Morgan fingerprint density at radius 2 is 2.38 bits per heavy atom. The lowest BCUT2D eigenvalue weighted by molar-refractivity contribution is 0.217. The number of nitriles is 1. The fraction of sp³-hybridized carbons (Fsp3) is 0.600. The number of methoxy groups -OCH3 is 1. The highest BCUT2D eigenvalue weighted by Crippen LogP contribution is 2.14. The molecule has 0 aliphatic rings. The molecule has 1 atom stereocenters. The van der Waals surface area contributed by atoms with Gasteiger partial charge in [-0.05, 0) is 18.1 Å². The maximum absolute atomic E-state index is 11.5. The van der Waals surface area contributed by atoms with E-state index in [1.165, 1.54) is 11.8 Å². The van der Waals surface area contributed by atoms with Crippen LogP contribution in [0.4, 0.5) is 0 Å². The molecule has 0 rings (SSSR count). The molecule has 4 nitrogen and oxygen atoms in total. The van der Waals surface area contributed by atoms with E-state index in [2.05, 4.69) is 11.6 Å². The molecule has 0 N–H and O–H groups in total. The van der Waals surface area contributed by atoms with Gasteiger partial charge in [-0.1, -0.05) is 18.3 Å². The summed E-state index contributed by atoms with van der Waals surface area (Å²) in [5.74, 6) is 0.502. The predicted molar refractivity (Wildman–Crippen MR) is 70.1 cm³/mol. The zero-order chi connectivity index (χ0) is 12.4. The molecule has 90 valence electrons. The molecule has 6 heteroatoms. The van der Waals surface area contributed by atoms with Gasteiger partial charge < -0.3 is 9.29 Å². The Bertz CT molecular complexity index is 287. The molecule has 0 aromatic heterocycles. The van der Waals surface area contributed by atoms with Crippen molar-refractivity contribution >= 4 is 28.0 Å². The average Bonchev–Trinajstić information content (AvgIpc) is 2.30. The zero-order valence-electron chi connectivity index (χ0n) is 9.56. The Labute approximate surface area is 104 Å². The molecular weight excluding hydrogens is 244 g/mol. The van der Waals surface area contributed by atoms with Crippen molar-refractivity contribution in [3.63, 3.8) is 0 Å². The van der Waals surface area contributed by atoms with E-state index in [4.69, 9.17) is 10.00 Å². The Balaban J connectivity index is 4.09. The van der Waals surface area contributed by atoms with Crippen molar-refractivity contribution in [3.05, 3.63) is 12.2 Å². The van der Waals surface area contributed by atoms with Crippen LogP contribution >= 0.6 is 11.8 Å². The summed E-state index contributed by atoms with van der Waals surface area (Å²) in [6, 6.07) is 1.95. The molecule has 0 fully saturated rings. The SMILES string of the molecule is C=C(C#N)/C(=N\CC)SC[S+]([O-])CCOC. The minimum Gasteiger partial charge on any atom is -0.616 e. The molecule has 1 unspecified atom stereocenters. The van der Waals surface area contributed by atoms with Crippen LogP contribution in [0.1, 0.15) is 6.92 Å². The first-order valence-corrected chi connectivity index (χ1v) is 7.23. The first kappa shape index (κ1) is 15.5. The summed E-state index contributed by atoms with van der Waals surface area (Å²) in [6.45, 7) is 6.55. The number of nitrogens with zero attached hydrogens (tertiary/aromatic N) is 2. The number of hydrogen-bond acceptors (Lipinski definition) is 5. The van der Waals surface area contributed by atoms with Gasteiger partial charge in [0.15, 0.2) is 5.08 Å². The van der Waals surface area contributed by atoms with Crippen LogP contribution in [-0.2, 0) is 15.9 Å². The van der Waals surface area contributed by atoms with Crippen molar-refractivity contribution in [2.45, 2.75) is 6.92 Å². The van der Waals surface area contributed by atoms with Crippen LogP contribution in [0.2, 0.25) is 0 Å². The van der Waals surface area contributed by atoms with Crippen LogP contribution in [-0.4, -0.2) is 40.7 Å². The first-order chi connectivity index (χ1) is 7.65. The third-order valence-corrected chi connectivity index (χ3v) is 4.33. The van der Waals surface area contributed by atoms with Gasteiger partial charge in [0.05, 0.1) is 12.2 Å². The van der Waals surface area contributed by atoms with Gasteiger partial charge in [-0.15, -0.1) is 0 Å². The molecule has 16 heavy (non-hydrogen) atoms. The van der Waals surface area contributed by atoms with Gasteiger partial charge in [0.2, 0.25) is 0 Å². The fourth-order valence-electron chi connectivity index (χ4n) is 0.776. The Hall–Kier alpha value is -0.480. The third kappa shape index (κ3) is 6.90. The second-order valence-electron chi connectivity index (χ2n) is 2.77. The maximum Gasteiger partial charge on any atom is 0.156 e. The van der Waals surface area contributed by atoms with E-state index < -0.39 is 11.2 Å². The summed E-state index contributed by atoms with van der Waals surface area (Å²) in [4.78, 5) is 4.14. The van der Waals surface area contributed by atoms with E-state index >= 15 is 0 Å². The van der Waals surface area contributed by atoms with Gasteiger partial charge in [0.25, 0.3) is 0 Å². The minimum atomic E-state index is -0.956. The lowest BCUT2D eigenvalue weighted by atomic mass is 10.4. The topological polar surface area (TPSA) is 68.4 Å². The zero-order valence-corrected chi connectivity index (χ0v) is 11.2. The normalized spacial score (nSPS) is 13.2. The van der Waals surface area contributed by atoms with Crippen LogP contribution in [0.5, 0.6) is 0 Å². The summed E-state index contributed by atoms with van der Waals surface area (Å²) in [7, 11) is 1.58. The lowest BCUT2D eigenvalue weighted by Crippen LogP contribution is -2.14. The molecule has 0 heterocycles. The van der Waals surface area contributed by atoms with Crippen LogP contribution < -0.4 is 0 Å². The molecule has 0 spiro atoms. The van der Waals surface area contributed by atoms with Crippen LogP contribution in [0.25, 0.3) is 0 Å². The Morgan fingerprint density at radius 1 is 1.69 bits per heavy atom. The van der Waals surface area contributed by atoms with Gasteiger partial charge in [-0.3, -0.25) is 4.99 Å². The number of thioether (sulfide) groups is 1. The molecule has 0 aromatic rings. The molecule has 0 aromatic carbocycles. The molecule has 0 bridgehead atoms. The van der Waals surface area contributed by atoms with Crippen molar-refractivity contribution in [1.82, 2.24) is 0 Å². The molecule has 0 saturated heterocycles. The van der Waals surface area contributed by atoms with E-state index in [0.717, 1.165) is 0 Å². The fourth-order valence-corrected chi connectivity index (χ4v) is 3.01. The van der Waals surface area contributed by atoms with Gasteiger partial charge in [-0.25, -0.2) is 0 Å². The molecule has 0 saturated carbocycles. The first-order valence-electron chi connectivity index (χ1n) is 4.76. The minimum absolute atomic E-state index is 0.329. The van der Waals surface area contributed by atoms with E-state index in [9.17, 15) is 4.55 Å².